The van der Waals surface area contributed by atoms with Crippen LogP contribution in [0.15, 0.2) is 48.5 Å². The van der Waals surface area contributed by atoms with E-state index in [1.54, 1.807) is 43.4 Å². The van der Waals surface area contributed by atoms with Crippen LogP contribution in [0.4, 0.5) is 10.8 Å². The van der Waals surface area contributed by atoms with E-state index in [9.17, 15) is 9.59 Å². The average molecular weight is 424 g/mol. The summed E-state index contributed by atoms with van der Waals surface area (Å²) >= 11 is 1.28. The zero-order valence-corrected chi connectivity index (χ0v) is 17.3. The highest BCUT2D eigenvalue weighted by molar-refractivity contribution is 7.15. The van der Waals surface area contributed by atoms with Crippen molar-refractivity contribution in [1.82, 2.24) is 10.2 Å². The van der Waals surface area contributed by atoms with Gasteiger partial charge in [-0.25, -0.2) is 0 Å². The molecule has 30 heavy (non-hydrogen) atoms. The molecule has 3 aromatic rings. The molecular formula is C21H20N4O4S. The molecule has 1 saturated heterocycles. The van der Waals surface area contributed by atoms with Crippen molar-refractivity contribution in [3.05, 3.63) is 59.1 Å². The van der Waals surface area contributed by atoms with Gasteiger partial charge in [0, 0.05) is 30.1 Å². The van der Waals surface area contributed by atoms with Gasteiger partial charge in [-0.1, -0.05) is 17.4 Å². The van der Waals surface area contributed by atoms with Crippen LogP contribution in [0.5, 0.6) is 11.5 Å². The fourth-order valence-corrected chi connectivity index (χ4v) is 4.10. The number of anilines is 2. The monoisotopic (exact) mass is 424 g/mol. The van der Waals surface area contributed by atoms with Crippen molar-refractivity contribution < 1.29 is 19.1 Å². The van der Waals surface area contributed by atoms with Gasteiger partial charge in [-0.2, -0.15) is 0 Å². The van der Waals surface area contributed by atoms with Gasteiger partial charge in [0.2, 0.25) is 11.0 Å². The maximum atomic E-state index is 12.5. The summed E-state index contributed by atoms with van der Waals surface area (Å²) in [5.74, 6) is 1.01. The molecule has 2 aromatic carbocycles. The molecule has 1 aliphatic rings. The number of hydrogen-bond acceptors (Lipinski definition) is 7. The first-order valence-corrected chi connectivity index (χ1v) is 10.1. The van der Waals surface area contributed by atoms with E-state index in [0.717, 1.165) is 16.4 Å². The van der Waals surface area contributed by atoms with E-state index in [4.69, 9.17) is 9.47 Å². The lowest BCUT2D eigenvalue weighted by atomic mass is 10.1. The number of rotatable bonds is 6. The number of hydrogen-bond donors (Lipinski definition) is 1. The highest BCUT2D eigenvalue weighted by Crippen LogP contribution is 2.34. The number of carbonyl (C=O) groups excluding carboxylic acids is 2. The smallest absolute Gasteiger partial charge is 0.257 e. The number of amides is 2. The fraction of sp³-hybridized carbons (Fsp3) is 0.238. The summed E-state index contributed by atoms with van der Waals surface area (Å²) in [6.45, 7) is 0.517. The third-order valence-electron chi connectivity index (χ3n) is 4.85. The van der Waals surface area contributed by atoms with E-state index >= 15 is 0 Å². The lowest BCUT2D eigenvalue weighted by Gasteiger charge is -2.16. The minimum atomic E-state index is -0.293. The van der Waals surface area contributed by atoms with Crippen molar-refractivity contribution in [3.63, 3.8) is 0 Å². The molecule has 1 aliphatic heterocycles. The van der Waals surface area contributed by atoms with Crippen molar-refractivity contribution in [1.29, 1.82) is 0 Å². The summed E-state index contributed by atoms with van der Waals surface area (Å²) < 4.78 is 10.3. The molecule has 2 heterocycles. The average Bonchev–Trinajstić information content (AvgIpc) is 3.40. The van der Waals surface area contributed by atoms with Crippen molar-refractivity contribution in [3.8, 4) is 11.5 Å². The Morgan fingerprint density at radius 1 is 1.10 bits per heavy atom. The molecule has 1 aromatic heterocycles. The Morgan fingerprint density at radius 3 is 2.60 bits per heavy atom. The lowest BCUT2D eigenvalue weighted by molar-refractivity contribution is -0.117. The van der Waals surface area contributed by atoms with Crippen LogP contribution in [0.3, 0.4) is 0 Å². The minimum absolute atomic E-state index is 0.0299. The topological polar surface area (TPSA) is 93.7 Å². The number of ether oxygens (including phenoxy) is 2. The number of carbonyl (C=O) groups is 2. The van der Waals surface area contributed by atoms with Gasteiger partial charge in [-0.3, -0.25) is 14.9 Å². The van der Waals surface area contributed by atoms with Gasteiger partial charge < -0.3 is 14.4 Å². The predicted molar refractivity (Wildman–Crippen MR) is 114 cm³/mol. The summed E-state index contributed by atoms with van der Waals surface area (Å²) in [5.41, 5.74) is 1.28. The van der Waals surface area contributed by atoms with Crippen molar-refractivity contribution in [2.24, 2.45) is 0 Å². The number of benzene rings is 2. The number of methoxy groups -OCH3 is 2. The highest BCUT2D eigenvalue weighted by Gasteiger charge is 2.34. The molecule has 9 heteroatoms. The third kappa shape index (κ3) is 4.11. The van der Waals surface area contributed by atoms with E-state index in [2.05, 4.69) is 15.5 Å². The maximum absolute atomic E-state index is 12.5. The van der Waals surface area contributed by atoms with Gasteiger partial charge in [-0.05, 0) is 42.5 Å². The second kappa shape index (κ2) is 8.50. The third-order valence-corrected chi connectivity index (χ3v) is 5.85. The summed E-state index contributed by atoms with van der Waals surface area (Å²) in [4.78, 5) is 26.7. The van der Waals surface area contributed by atoms with Gasteiger partial charge >= 0.3 is 0 Å². The molecule has 0 aliphatic carbocycles. The fourth-order valence-electron chi connectivity index (χ4n) is 3.27. The van der Waals surface area contributed by atoms with Crippen molar-refractivity contribution >= 4 is 34.0 Å². The molecule has 154 valence electrons. The molecule has 0 bridgehead atoms. The molecule has 1 N–H and O–H groups in total. The Kier molecular flexibility index (Phi) is 5.62. The van der Waals surface area contributed by atoms with Gasteiger partial charge in [0.15, 0.2) is 0 Å². The van der Waals surface area contributed by atoms with Crippen LogP contribution >= 0.6 is 11.3 Å². The number of aromatic nitrogens is 2. The summed E-state index contributed by atoms with van der Waals surface area (Å²) in [5, 5.41) is 12.1. The van der Waals surface area contributed by atoms with E-state index in [1.807, 2.05) is 24.3 Å². The standard InChI is InChI=1S/C21H20N4O4S/c1-28-16-8-6-15(7-9-16)25-12-14(11-18(25)26)20-23-24-21(30-20)22-19(27)13-4-3-5-17(10-13)29-2/h3-10,14H,11-12H2,1-2H3,(H,22,24,27). The van der Waals surface area contributed by atoms with Crippen LogP contribution in [0.2, 0.25) is 0 Å². The molecule has 1 atom stereocenters. The highest BCUT2D eigenvalue weighted by atomic mass is 32.1. The largest absolute Gasteiger partial charge is 0.497 e. The summed E-state index contributed by atoms with van der Waals surface area (Å²) in [6, 6.07) is 14.2. The van der Waals surface area contributed by atoms with Gasteiger partial charge in [0.1, 0.15) is 16.5 Å². The minimum Gasteiger partial charge on any atom is -0.497 e. The molecule has 0 spiro atoms. The van der Waals surface area contributed by atoms with Crippen LogP contribution in [-0.2, 0) is 4.79 Å². The first kappa shape index (κ1) is 19.8. The normalized spacial score (nSPS) is 15.9. The zero-order valence-electron chi connectivity index (χ0n) is 16.5. The molecule has 1 fully saturated rings. The van der Waals surface area contributed by atoms with Crippen molar-refractivity contribution in [2.75, 3.05) is 31.0 Å². The Morgan fingerprint density at radius 2 is 1.87 bits per heavy atom. The molecule has 0 saturated carbocycles. The maximum Gasteiger partial charge on any atom is 0.257 e. The first-order chi connectivity index (χ1) is 14.6. The summed E-state index contributed by atoms with van der Waals surface area (Å²) in [6.07, 6.45) is 0.352. The van der Waals surface area contributed by atoms with E-state index in [-0.39, 0.29) is 17.7 Å². The van der Waals surface area contributed by atoms with E-state index in [1.165, 1.54) is 11.3 Å². The van der Waals surface area contributed by atoms with Crippen LogP contribution in [0, 0.1) is 0 Å². The number of nitrogens with one attached hydrogen (secondary N) is 1. The second-order valence-electron chi connectivity index (χ2n) is 6.73. The quantitative estimate of drug-likeness (QED) is 0.652. The molecular weight excluding hydrogens is 404 g/mol. The van der Waals surface area contributed by atoms with E-state index in [0.29, 0.717) is 29.4 Å². The molecule has 0 radical (unpaired) electrons. The van der Waals surface area contributed by atoms with Crippen LogP contribution < -0.4 is 19.7 Å². The van der Waals surface area contributed by atoms with Gasteiger partial charge in [0.05, 0.1) is 14.2 Å². The molecule has 8 nitrogen and oxygen atoms in total. The summed E-state index contributed by atoms with van der Waals surface area (Å²) in [7, 11) is 3.15. The van der Waals surface area contributed by atoms with Gasteiger partial charge in [0.25, 0.3) is 5.91 Å². The SMILES string of the molecule is COc1ccc(N2CC(c3nnc(NC(=O)c4cccc(OC)c4)s3)CC2=O)cc1. The lowest BCUT2D eigenvalue weighted by Crippen LogP contribution is -2.24. The van der Waals surface area contributed by atoms with E-state index < -0.39 is 0 Å². The Labute approximate surface area is 177 Å². The van der Waals surface area contributed by atoms with Crippen LogP contribution in [-0.4, -0.2) is 42.8 Å². The van der Waals surface area contributed by atoms with Gasteiger partial charge in [-0.15, -0.1) is 10.2 Å². The molecule has 4 rings (SSSR count). The number of nitrogens with zero attached hydrogens (tertiary/aromatic N) is 3. The van der Waals surface area contributed by atoms with Crippen molar-refractivity contribution in [2.45, 2.75) is 12.3 Å². The molecule has 2 amide bonds. The Balaban J connectivity index is 1.43. The Hall–Kier alpha value is -3.46. The molecule has 1 unspecified atom stereocenters. The van der Waals surface area contributed by atoms with Crippen LogP contribution in [0.25, 0.3) is 0 Å². The first-order valence-electron chi connectivity index (χ1n) is 9.30. The van der Waals surface area contributed by atoms with Crippen LogP contribution in [0.1, 0.15) is 27.7 Å². The Bertz CT molecular complexity index is 1070. The predicted octanol–water partition coefficient (Wildman–Crippen LogP) is 3.33. The second-order valence-corrected chi connectivity index (χ2v) is 7.74. The zero-order chi connectivity index (χ0) is 21.1.